The SMILES string of the molecule is CC(C)[C@H](NC(=O)OC(C)(C)C)C(=O)NCC(=O)Nc1ccc(C(=O)O)c(-c2nnn[nH]2)c1. The number of hydrogen-bond acceptors (Lipinski definition) is 8. The molecule has 0 unspecified atom stereocenters. The Balaban J connectivity index is 2.01. The molecule has 0 saturated heterocycles. The van der Waals surface area contributed by atoms with Crippen molar-refractivity contribution >= 4 is 29.6 Å². The first kappa shape index (κ1) is 25.2. The molecule has 0 spiro atoms. The summed E-state index contributed by atoms with van der Waals surface area (Å²) >= 11 is 0. The van der Waals surface area contributed by atoms with Gasteiger partial charge in [-0.3, -0.25) is 9.59 Å². The predicted octanol–water partition coefficient (Wildman–Crippen LogP) is 1.17. The number of tetrazole rings is 1. The first-order valence-corrected chi connectivity index (χ1v) is 10.1. The second-order valence-electron chi connectivity index (χ2n) is 8.45. The lowest BCUT2D eigenvalue weighted by Gasteiger charge is -2.25. The molecule has 0 aliphatic rings. The van der Waals surface area contributed by atoms with Crippen molar-refractivity contribution in [2.24, 2.45) is 5.92 Å². The zero-order valence-corrected chi connectivity index (χ0v) is 18.9. The zero-order chi connectivity index (χ0) is 24.8. The highest BCUT2D eigenvalue weighted by atomic mass is 16.6. The van der Waals surface area contributed by atoms with Crippen LogP contribution in [-0.2, 0) is 14.3 Å². The van der Waals surface area contributed by atoms with Crippen molar-refractivity contribution in [1.29, 1.82) is 0 Å². The molecule has 1 atom stereocenters. The van der Waals surface area contributed by atoms with E-state index in [0.717, 1.165) is 0 Å². The van der Waals surface area contributed by atoms with Crippen LogP contribution in [0.15, 0.2) is 18.2 Å². The van der Waals surface area contributed by atoms with Crippen molar-refractivity contribution in [3.8, 4) is 11.4 Å². The molecular formula is C20H27N7O6. The zero-order valence-electron chi connectivity index (χ0n) is 18.9. The Kier molecular flexibility index (Phi) is 8.05. The topological polar surface area (TPSA) is 188 Å². The van der Waals surface area contributed by atoms with Gasteiger partial charge in [0, 0.05) is 11.3 Å². The molecule has 0 bridgehead atoms. The van der Waals surface area contributed by atoms with Gasteiger partial charge in [-0.25, -0.2) is 14.7 Å². The van der Waals surface area contributed by atoms with E-state index in [-0.39, 0.29) is 35.1 Å². The second kappa shape index (κ2) is 10.5. The fraction of sp³-hybridized carbons (Fsp3) is 0.450. The molecule has 2 aromatic rings. The minimum Gasteiger partial charge on any atom is -0.478 e. The summed E-state index contributed by atoms with van der Waals surface area (Å²) in [5.41, 5.74) is -0.333. The van der Waals surface area contributed by atoms with Crippen LogP contribution >= 0.6 is 0 Å². The van der Waals surface area contributed by atoms with Gasteiger partial charge in [-0.05, 0) is 55.3 Å². The number of nitrogens with zero attached hydrogens (tertiary/aromatic N) is 3. The largest absolute Gasteiger partial charge is 0.478 e. The highest BCUT2D eigenvalue weighted by molar-refractivity contribution is 5.99. The van der Waals surface area contributed by atoms with E-state index in [2.05, 4.69) is 36.6 Å². The molecule has 13 heteroatoms. The number of H-pyrrole nitrogens is 1. The molecule has 33 heavy (non-hydrogen) atoms. The number of aromatic nitrogens is 4. The third-order valence-electron chi connectivity index (χ3n) is 4.18. The van der Waals surface area contributed by atoms with E-state index in [1.807, 2.05) is 0 Å². The van der Waals surface area contributed by atoms with Gasteiger partial charge in [0.15, 0.2) is 5.82 Å². The van der Waals surface area contributed by atoms with Gasteiger partial charge >= 0.3 is 12.1 Å². The number of carbonyl (C=O) groups excluding carboxylic acids is 3. The second-order valence-corrected chi connectivity index (χ2v) is 8.45. The molecule has 178 valence electrons. The average molecular weight is 461 g/mol. The number of hydrogen-bond donors (Lipinski definition) is 5. The van der Waals surface area contributed by atoms with Gasteiger partial charge in [0.2, 0.25) is 11.8 Å². The van der Waals surface area contributed by atoms with Gasteiger partial charge in [-0.1, -0.05) is 13.8 Å². The van der Waals surface area contributed by atoms with Crippen LogP contribution < -0.4 is 16.0 Å². The van der Waals surface area contributed by atoms with E-state index < -0.39 is 35.5 Å². The van der Waals surface area contributed by atoms with E-state index >= 15 is 0 Å². The Morgan fingerprint density at radius 1 is 1.18 bits per heavy atom. The smallest absolute Gasteiger partial charge is 0.408 e. The van der Waals surface area contributed by atoms with Gasteiger partial charge in [0.25, 0.3) is 0 Å². The van der Waals surface area contributed by atoms with E-state index in [4.69, 9.17) is 4.74 Å². The summed E-state index contributed by atoms with van der Waals surface area (Å²) in [6.07, 6.45) is -0.742. The Bertz CT molecular complexity index is 1010. The molecule has 0 fully saturated rings. The molecule has 1 heterocycles. The third-order valence-corrected chi connectivity index (χ3v) is 4.18. The molecule has 0 aliphatic carbocycles. The van der Waals surface area contributed by atoms with Gasteiger partial charge in [0.1, 0.15) is 11.6 Å². The van der Waals surface area contributed by atoms with Crippen molar-refractivity contribution in [3.05, 3.63) is 23.8 Å². The van der Waals surface area contributed by atoms with Crippen LogP contribution in [0.4, 0.5) is 10.5 Å². The molecule has 0 radical (unpaired) electrons. The van der Waals surface area contributed by atoms with E-state index in [1.54, 1.807) is 34.6 Å². The molecule has 1 aromatic carbocycles. The summed E-state index contributed by atoms with van der Waals surface area (Å²) in [4.78, 5) is 48.3. The summed E-state index contributed by atoms with van der Waals surface area (Å²) in [6.45, 7) is 8.22. The number of ether oxygens (including phenoxy) is 1. The van der Waals surface area contributed by atoms with Crippen LogP contribution in [0.3, 0.4) is 0 Å². The quantitative estimate of drug-likeness (QED) is 0.384. The molecule has 0 saturated carbocycles. The number of benzene rings is 1. The van der Waals surface area contributed by atoms with Crippen LogP contribution in [0.2, 0.25) is 0 Å². The Morgan fingerprint density at radius 3 is 2.42 bits per heavy atom. The number of amides is 3. The summed E-state index contributed by atoms with van der Waals surface area (Å²) < 4.78 is 5.17. The normalized spacial score (nSPS) is 12.1. The first-order chi connectivity index (χ1) is 15.4. The van der Waals surface area contributed by atoms with Gasteiger partial charge < -0.3 is 25.8 Å². The number of carboxylic acids is 1. The standard InChI is InChI=1S/C20H27N7O6/c1-10(2)15(23-19(32)33-20(3,4)5)17(29)21-9-14(28)22-11-6-7-12(18(30)31)13(8-11)16-24-26-27-25-16/h6-8,10,15H,9H2,1-5H3,(H,21,29)(H,22,28)(H,23,32)(H,30,31)(H,24,25,26,27)/t15-/m0/s1. The Morgan fingerprint density at radius 2 is 1.88 bits per heavy atom. The highest BCUT2D eigenvalue weighted by Gasteiger charge is 2.27. The fourth-order valence-corrected chi connectivity index (χ4v) is 2.73. The van der Waals surface area contributed by atoms with Gasteiger partial charge in [-0.2, -0.15) is 0 Å². The number of alkyl carbamates (subject to hydrolysis) is 1. The number of nitrogens with one attached hydrogen (secondary N) is 4. The van der Waals surface area contributed by atoms with Crippen LogP contribution in [0.25, 0.3) is 11.4 Å². The van der Waals surface area contributed by atoms with Gasteiger partial charge in [0.05, 0.1) is 12.1 Å². The molecule has 1 aromatic heterocycles. The number of rotatable bonds is 8. The third kappa shape index (κ3) is 7.55. The molecular weight excluding hydrogens is 434 g/mol. The molecule has 2 rings (SSSR count). The lowest BCUT2D eigenvalue weighted by molar-refractivity contribution is -0.126. The summed E-state index contributed by atoms with van der Waals surface area (Å²) in [6, 6.07) is 3.19. The highest BCUT2D eigenvalue weighted by Crippen LogP contribution is 2.24. The van der Waals surface area contributed by atoms with Crippen molar-refractivity contribution in [2.75, 3.05) is 11.9 Å². The van der Waals surface area contributed by atoms with E-state index in [0.29, 0.717) is 0 Å². The minimum atomic E-state index is -1.19. The van der Waals surface area contributed by atoms with E-state index in [1.165, 1.54) is 18.2 Å². The van der Waals surface area contributed by atoms with Crippen molar-refractivity contribution in [1.82, 2.24) is 31.3 Å². The number of aromatic carboxylic acids is 1. The van der Waals surface area contributed by atoms with Crippen molar-refractivity contribution in [3.63, 3.8) is 0 Å². The number of aromatic amines is 1. The molecule has 0 aliphatic heterocycles. The van der Waals surface area contributed by atoms with Crippen molar-refractivity contribution in [2.45, 2.75) is 46.3 Å². The maximum absolute atomic E-state index is 12.5. The summed E-state index contributed by atoms with van der Waals surface area (Å²) in [5.74, 6) is -2.45. The number of carboxylic acid groups (broad SMARTS) is 1. The maximum atomic E-state index is 12.5. The Hall–Kier alpha value is -4.03. The lowest BCUT2D eigenvalue weighted by atomic mass is 10.0. The van der Waals surface area contributed by atoms with Crippen LogP contribution in [0.1, 0.15) is 45.0 Å². The molecule has 13 nitrogen and oxygen atoms in total. The summed E-state index contributed by atoms with van der Waals surface area (Å²) in [5, 5.41) is 29.9. The minimum absolute atomic E-state index is 0.0622. The van der Waals surface area contributed by atoms with Crippen LogP contribution in [0.5, 0.6) is 0 Å². The lowest BCUT2D eigenvalue weighted by Crippen LogP contribution is -2.52. The molecule has 5 N–H and O–H groups in total. The number of anilines is 1. The van der Waals surface area contributed by atoms with Crippen molar-refractivity contribution < 1.29 is 29.0 Å². The Labute approximate surface area is 189 Å². The monoisotopic (exact) mass is 461 g/mol. The van der Waals surface area contributed by atoms with Gasteiger partial charge in [-0.15, -0.1) is 5.10 Å². The predicted molar refractivity (Wildman–Crippen MR) is 116 cm³/mol. The van der Waals surface area contributed by atoms with Crippen LogP contribution in [-0.4, -0.2) is 67.8 Å². The first-order valence-electron chi connectivity index (χ1n) is 10.1. The number of carbonyl (C=O) groups is 4. The average Bonchev–Trinajstić information content (AvgIpc) is 3.23. The van der Waals surface area contributed by atoms with E-state index in [9.17, 15) is 24.3 Å². The summed E-state index contributed by atoms with van der Waals surface area (Å²) in [7, 11) is 0. The fourth-order valence-electron chi connectivity index (χ4n) is 2.73. The molecule has 3 amide bonds. The maximum Gasteiger partial charge on any atom is 0.408 e. The van der Waals surface area contributed by atoms with Crippen LogP contribution in [0, 0.1) is 5.92 Å².